The van der Waals surface area contributed by atoms with Crippen LogP contribution in [0.5, 0.6) is 0 Å². The van der Waals surface area contributed by atoms with Gasteiger partial charge in [0, 0.05) is 29.8 Å². The Morgan fingerprint density at radius 2 is 1.92 bits per heavy atom. The number of carbonyl (C=O) groups excluding carboxylic acids is 1. The number of halogens is 1. The Kier molecular flexibility index (Phi) is 4.96. The van der Waals surface area contributed by atoms with Crippen molar-refractivity contribution in [2.24, 2.45) is 0 Å². The molecule has 1 amide bonds. The van der Waals surface area contributed by atoms with Gasteiger partial charge in [-0.15, -0.1) is 5.10 Å². The van der Waals surface area contributed by atoms with Crippen LogP contribution >= 0.6 is 11.6 Å². The van der Waals surface area contributed by atoms with Crippen LogP contribution in [0.25, 0.3) is 11.3 Å². The van der Waals surface area contributed by atoms with Crippen molar-refractivity contribution >= 4 is 23.5 Å². The monoisotopic (exact) mass is 345 g/mol. The lowest BCUT2D eigenvalue weighted by molar-refractivity contribution is -0.116. The number of hydrogen-bond donors (Lipinski definition) is 1. The van der Waals surface area contributed by atoms with Crippen LogP contribution in [-0.2, 0) is 17.6 Å². The minimum atomic E-state index is -0.203. The van der Waals surface area contributed by atoms with E-state index in [-0.39, 0.29) is 18.3 Å². The van der Waals surface area contributed by atoms with Gasteiger partial charge in [-0.2, -0.15) is 0 Å². The lowest BCUT2D eigenvalue weighted by Gasteiger charge is -2.00. The van der Waals surface area contributed by atoms with E-state index in [2.05, 4.69) is 15.5 Å². The number of nitrogens with one attached hydrogen (secondary N) is 1. The summed E-state index contributed by atoms with van der Waals surface area (Å²) in [4.78, 5) is 11.9. The van der Waals surface area contributed by atoms with Crippen LogP contribution in [0, 0.1) is 0 Å². The summed E-state index contributed by atoms with van der Waals surface area (Å²) in [5.74, 6) is 1.76. The fourth-order valence-corrected chi connectivity index (χ4v) is 2.27. The summed E-state index contributed by atoms with van der Waals surface area (Å²) in [6.45, 7) is 1.90. The van der Waals surface area contributed by atoms with E-state index in [1.165, 1.54) is 0 Å². The maximum absolute atomic E-state index is 11.9. The molecule has 0 bridgehead atoms. The van der Waals surface area contributed by atoms with Gasteiger partial charge in [-0.3, -0.25) is 10.1 Å². The molecule has 0 spiro atoms. The van der Waals surface area contributed by atoms with Crippen molar-refractivity contribution in [2.75, 3.05) is 5.32 Å². The Balaban J connectivity index is 1.55. The van der Waals surface area contributed by atoms with Crippen LogP contribution in [0.4, 0.5) is 6.01 Å². The highest BCUT2D eigenvalue weighted by Gasteiger charge is 2.11. The molecule has 2 heterocycles. The fourth-order valence-electron chi connectivity index (χ4n) is 2.15. The molecule has 0 saturated carbocycles. The number of nitrogens with zero attached hydrogens (tertiary/aromatic N) is 2. The fraction of sp³-hybridized carbons (Fsp3) is 0.235. The molecule has 0 saturated heterocycles. The van der Waals surface area contributed by atoms with Crippen LogP contribution in [-0.4, -0.2) is 16.1 Å². The van der Waals surface area contributed by atoms with E-state index in [9.17, 15) is 4.79 Å². The van der Waals surface area contributed by atoms with Gasteiger partial charge in [-0.25, -0.2) is 0 Å². The van der Waals surface area contributed by atoms with Crippen molar-refractivity contribution in [3.05, 3.63) is 53.1 Å². The highest BCUT2D eigenvalue weighted by atomic mass is 35.5. The first kappa shape index (κ1) is 16.3. The molecule has 2 aromatic heterocycles. The maximum atomic E-state index is 11.9. The summed E-state index contributed by atoms with van der Waals surface area (Å²) < 4.78 is 11.0. The Labute approximate surface area is 143 Å². The quantitative estimate of drug-likeness (QED) is 0.726. The van der Waals surface area contributed by atoms with Gasteiger partial charge >= 0.3 is 6.01 Å². The highest BCUT2D eigenvalue weighted by Crippen LogP contribution is 2.24. The lowest BCUT2D eigenvalue weighted by Crippen LogP contribution is -2.12. The SMILES string of the molecule is CCc1nnc(NC(=O)CCc2ccc(-c3ccc(Cl)cc3)o2)o1. The summed E-state index contributed by atoms with van der Waals surface area (Å²) in [6, 6.07) is 11.2. The molecule has 7 heteroatoms. The number of aryl methyl sites for hydroxylation is 2. The zero-order chi connectivity index (χ0) is 16.9. The normalized spacial score (nSPS) is 10.8. The second-order valence-electron chi connectivity index (χ2n) is 5.18. The van der Waals surface area contributed by atoms with Gasteiger partial charge in [0.25, 0.3) is 0 Å². The van der Waals surface area contributed by atoms with Crippen LogP contribution in [0.15, 0.2) is 45.2 Å². The molecule has 0 fully saturated rings. The van der Waals surface area contributed by atoms with Crippen LogP contribution < -0.4 is 5.32 Å². The molecule has 0 aliphatic carbocycles. The number of rotatable bonds is 6. The first-order valence-corrected chi connectivity index (χ1v) is 7.98. The minimum Gasteiger partial charge on any atom is -0.461 e. The standard InChI is InChI=1S/C17H16ClN3O3/c1-2-16-20-21-17(24-16)19-15(22)10-8-13-7-9-14(23-13)11-3-5-12(18)6-4-11/h3-7,9H,2,8,10H2,1H3,(H,19,21,22). The molecule has 24 heavy (non-hydrogen) atoms. The lowest BCUT2D eigenvalue weighted by atomic mass is 10.2. The first-order chi connectivity index (χ1) is 11.6. The average Bonchev–Trinajstić information content (AvgIpc) is 3.23. The van der Waals surface area contributed by atoms with Crippen molar-refractivity contribution in [3.63, 3.8) is 0 Å². The second kappa shape index (κ2) is 7.31. The third-order valence-electron chi connectivity index (χ3n) is 3.40. The number of amides is 1. The van der Waals surface area contributed by atoms with Crippen molar-refractivity contribution in [1.82, 2.24) is 10.2 Å². The third-order valence-corrected chi connectivity index (χ3v) is 3.66. The Hall–Kier alpha value is -2.60. The number of aromatic nitrogens is 2. The third kappa shape index (κ3) is 4.02. The number of hydrogen-bond acceptors (Lipinski definition) is 5. The molecule has 3 aromatic rings. The zero-order valence-electron chi connectivity index (χ0n) is 13.1. The molecule has 0 atom stereocenters. The number of carbonyl (C=O) groups is 1. The molecule has 0 aliphatic rings. The molecule has 3 rings (SSSR count). The summed E-state index contributed by atoms with van der Waals surface area (Å²) in [6.07, 6.45) is 1.37. The number of furan rings is 1. The Bertz CT molecular complexity index is 824. The molecule has 1 N–H and O–H groups in total. The largest absolute Gasteiger partial charge is 0.461 e. The van der Waals surface area contributed by atoms with Gasteiger partial charge in [-0.1, -0.05) is 23.6 Å². The number of benzene rings is 1. The van der Waals surface area contributed by atoms with E-state index in [4.69, 9.17) is 20.4 Å². The second-order valence-corrected chi connectivity index (χ2v) is 5.61. The molecule has 124 valence electrons. The molecular formula is C17H16ClN3O3. The summed E-state index contributed by atoms with van der Waals surface area (Å²) >= 11 is 5.87. The van der Waals surface area contributed by atoms with Gasteiger partial charge < -0.3 is 8.83 Å². The predicted octanol–water partition coefficient (Wildman–Crippen LogP) is 4.12. The van der Waals surface area contributed by atoms with E-state index in [1.807, 2.05) is 43.3 Å². The molecule has 6 nitrogen and oxygen atoms in total. The van der Waals surface area contributed by atoms with E-state index < -0.39 is 0 Å². The van der Waals surface area contributed by atoms with E-state index in [0.717, 1.165) is 17.1 Å². The summed E-state index contributed by atoms with van der Waals surface area (Å²) in [7, 11) is 0. The van der Waals surface area contributed by atoms with E-state index >= 15 is 0 Å². The molecule has 0 aliphatic heterocycles. The zero-order valence-corrected chi connectivity index (χ0v) is 13.8. The van der Waals surface area contributed by atoms with Crippen LogP contribution in [0.2, 0.25) is 5.02 Å². The van der Waals surface area contributed by atoms with Gasteiger partial charge in [0.1, 0.15) is 11.5 Å². The smallest absolute Gasteiger partial charge is 0.322 e. The van der Waals surface area contributed by atoms with Crippen LogP contribution in [0.3, 0.4) is 0 Å². The summed E-state index contributed by atoms with van der Waals surface area (Å²) in [5.41, 5.74) is 0.938. The Morgan fingerprint density at radius 1 is 1.12 bits per heavy atom. The Morgan fingerprint density at radius 3 is 2.62 bits per heavy atom. The van der Waals surface area contributed by atoms with E-state index in [0.29, 0.717) is 23.8 Å². The molecular weight excluding hydrogens is 330 g/mol. The topological polar surface area (TPSA) is 81.2 Å². The van der Waals surface area contributed by atoms with Crippen molar-refractivity contribution in [3.8, 4) is 11.3 Å². The number of anilines is 1. The minimum absolute atomic E-state index is 0.123. The first-order valence-electron chi connectivity index (χ1n) is 7.61. The molecule has 0 unspecified atom stereocenters. The van der Waals surface area contributed by atoms with Crippen molar-refractivity contribution < 1.29 is 13.6 Å². The van der Waals surface area contributed by atoms with Gasteiger partial charge in [0.2, 0.25) is 11.8 Å². The van der Waals surface area contributed by atoms with Crippen molar-refractivity contribution in [1.29, 1.82) is 0 Å². The predicted molar refractivity (Wildman–Crippen MR) is 89.8 cm³/mol. The van der Waals surface area contributed by atoms with E-state index in [1.54, 1.807) is 0 Å². The van der Waals surface area contributed by atoms with Crippen LogP contribution in [0.1, 0.15) is 25.0 Å². The van der Waals surface area contributed by atoms with Crippen molar-refractivity contribution in [2.45, 2.75) is 26.2 Å². The van der Waals surface area contributed by atoms with Gasteiger partial charge in [0.05, 0.1) is 0 Å². The molecule has 0 radical (unpaired) electrons. The molecule has 1 aromatic carbocycles. The summed E-state index contributed by atoms with van der Waals surface area (Å²) in [5, 5.41) is 10.8. The van der Waals surface area contributed by atoms with Gasteiger partial charge in [0.15, 0.2) is 0 Å². The average molecular weight is 346 g/mol. The maximum Gasteiger partial charge on any atom is 0.322 e. The van der Waals surface area contributed by atoms with Gasteiger partial charge in [-0.05, 0) is 36.4 Å². The highest BCUT2D eigenvalue weighted by molar-refractivity contribution is 6.30.